The highest BCUT2D eigenvalue weighted by atomic mass is 32.2. The van der Waals surface area contributed by atoms with Crippen molar-refractivity contribution in [1.29, 1.82) is 0 Å². The number of hydrogen-bond acceptors (Lipinski definition) is 4. The zero-order valence-electron chi connectivity index (χ0n) is 11.9. The van der Waals surface area contributed by atoms with Crippen molar-refractivity contribution in [3.05, 3.63) is 29.6 Å². The Balaban J connectivity index is 2.93. The lowest BCUT2D eigenvalue weighted by Crippen LogP contribution is -2.30. The van der Waals surface area contributed by atoms with Crippen molar-refractivity contribution < 1.29 is 12.8 Å². The molecule has 4 nitrogen and oxygen atoms in total. The smallest absolute Gasteiger partial charge is 0.241 e. The number of rotatable bonds is 8. The Bertz CT molecular complexity index is 535. The Labute approximate surface area is 124 Å². The zero-order chi connectivity index (χ0) is 15.2. The van der Waals surface area contributed by atoms with E-state index in [1.807, 2.05) is 13.2 Å². The van der Waals surface area contributed by atoms with Crippen molar-refractivity contribution in [3.8, 4) is 0 Å². The van der Waals surface area contributed by atoms with Crippen molar-refractivity contribution in [2.75, 3.05) is 25.6 Å². The van der Waals surface area contributed by atoms with Crippen LogP contribution in [0.4, 0.5) is 4.39 Å². The maximum Gasteiger partial charge on any atom is 0.241 e. The summed E-state index contributed by atoms with van der Waals surface area (Å²) < 4.78 is 40.4. The Kier molecular flexibility index (Phi) is 6.94. The van der Waals surface area contributed by atoms with Crippen LogP contribution in [0.2, 0.25) is 0 Å². The molecule has 2 N–H and O–H groups in total. The molecule has 1 unspecified atom stereocenters. The van der Waals surface area contributed by atoms with Gasteiger partial charge in [-0.2, -0.15) is 11.8 Å². The van der Waals surface area contributed by atoms with Gasteiger partial charge in [-0.3, -0.25) is 0 Å². The van der Waals surface area contributed by atoms with Gasteiger partial charge in [-0.1, -0.05) is 13.0 Å². The maximum atomic E-state index is 13.3. The fourth-order valence-corrected chi connectivity index (χ4v) is 3.89. The lowest BCUT2D eigenvalue weighted by molar-refractivity contribution is 0.558. The molecule has 7 heteroatoms. The van der Waals surface area contributed by atoms with E-state index >= 15 is 0 Å². The van der Waals surface area contributed by atoms with E-state index in [1.165, 1.54) is 12.1 Å². The second-order valence-corrected chi connectivity index (χ2v) is 7.34. The van der Waals surface area contributed by atoms with Crippen molar-refractivity contribution in [2.45, 2.75) is 18.4 Å². The topological polar surface area (TPSA) is 58.2 Å². The Morgan fingerprint density at radius 1 is 1.40 bits per heavy atom. The van der Waals surface area contributed by atoms with Crippen molar-refractivity contribution in [2.24, 2.45) is 5.92 Å². The lowest BCUT2D eigenvalue weighted by atomic mass is 10.2. The van der Waals surface area contributed by atoms with E-state index < -0.39 is 15.8 Å². The van der Waals surface area contributed by atoms with E-state index in [4.69, 9.17) is 0 Å². The fraction of sp³-hybridized carbons (Fsp3) is 0.538. The van der Waals surface area contributed by atoms with Crippen LogP contribution in [-0.4, -0.2) is 34.0 Å². The molecule has 0 amide bonds. The number of halogens is 1. The standard InChI is InChI=1S/C13H21FN2O2S2/c1-10(9-19-3)7-16-20(17,18)13-6-12(14)5-4-11(13)8-15-2/h4-6,10,15-16H,7-9H2,1-3H3. The van der Waals surface area contributed by atoms with E-state index in [-0.39, 0.29) is 10.8 Å². The molecule has 0 aliphatic heterocycles. The number of sulfonamides is 1. The minimum atomic E-state index is -3.69. The number of thioether (sulfide) groups is 1. The van der Waals surface area contributed by atoms with Gasteiger partial charge in [-0.25, -0.2) is 17.5 Å². The van der Waals surface area contributed by atoms with Crippen LogP contribution in [0.1, 0.15) is 12.5 Å². The molecule has 0 fully saturated rings. The molecule has 1 rings (SSSR count). The molecule has 114 valence electrons. The molecule has 0 aliphatic rings. The van der Waals surface area contributed by atoms with Crippen molar-refractivity contribution in [3.63, 3.8) is 0 Å². The highest BCUT2D eigenvalue weighted by Crippen LogP contribution is 2.17. The van der Waals surface area contributed by atoms with Crippen LogP contribution in [0, 0.1) is 11.7 Å². The fourth-order valence-electron chi connectivity index (χ4n) is 1.79. The largest absolute Gasteiger partial charge is 0.316 e. The Morgan fingerprint density at radius 2 is 2.10 bits per heavy atom. The van der Waals surface area contributed by atoms with Gasteiger partial charge >= 0.3 is 0 Å². The van der Waals surface area contributed by atoms with E-state index in [0.29, 0.717) is 18.7 Å². The minimum Gasteiger partial charge on any atom is -0.316 e. The van der Waals surface area contributed by atoms with Gasteiger partial charge in [0.05, 0.1) is 4.90 Å². The second kappa shape index (κ2) is 7.97. The van der Waals surface area contributed by atoms with Crippen LogP contribution in [0.25, 0.3) is 0 Å². The van der Waals surface area contributed by atoms with E-state index in [2.05, 4.69) is 10.0 Å². The minimum absolute atomic E-state index is 0.00296. The number of nitrogens with one attached hydrogen (secondary N) is 2. The van der Waals surface area contributed by atoms with Gasteiger partial charge in [0.25, 0.3) is 0 Å². The third-order valence-electron chi connectivity index (χ3n) is 2.76. The van der Waals surface area contributed by atoms with Gasteiger partial charge in [-0.15, -0.1) is 0 Å². The molecule has 0 radical (unpaired) electrons. The third kappa shape index (κ3) is 5.05. The van der Waals surface area contributed by atoms with Gasteiger partial charge in [0, 0.05) is 13.1 Å². The van der Waals surface area contributed by atoms with Crippen molar-refractivity contribution in [1.82, 2.24) is 10.0 Å². The highest BCUT2D eigenvalue weighted by molar-refractivity contribution is 7.98. The molecule has 0 saturated carbocycles. The predicted octanol–water partition coefficient (Wildman–Crippen LogP) is 1.82. The molecule has 0 aromatic heterocycles. The summed E-state index contributed by atoms with van der Waals surface area (Å²) in [5.41, 5.74) is 0.555. The van der Waals surface area contributed by atoms with Crippen LogP contribution < -0.4 is 10.0 Å². The van der Waals surface area contributed by atoms with Crippen LogP contribution in [-0.2, 0) is 16.6 Å². The molecule has 20 heavy (non-hydrogen) atoms. The number of hydrogen-bond donors (Lipinski definition) is 2. The molecule has 0 heterocycles. The van der Waals surface area contributed by atoms with E-state index in [1.54, 1.807) is 18.8 Å². The van der Waals surface area contributed by atoms with Crippen LogP contribution in [0.3, 0.4) is 0 Å². The van der Waals surface area contributed by atoms with Gasteiger partial charge in [0.2, 0.25) is 10.0 Å². The maximum absolute atomic E-state index is 13.3. The molecular formula is C13H21FN2O2S2. The second-order valence-electron chi connectivity index (χ2n) is 4.69. The first-order valence-electron chi connectivity index (χ1n) is 6.32. The van der Waals surface area contributed by atoms with Gasteiger partial charge in [0.15, 0.2) is 0 Å². The molecule has 1 aromatic carbocycles. The van der Waals surface area contributed by atoms with Gasteiger partial charge < -0.3 is 5.32 Å². The van der Waals surface area contributed by atoms with E-state index in [0.717, 1.165) is 11.8 Å². The predicted molar refractivity (Wildman–Crippen MR) is 81.9 cm³/mol. The molecule has 1 atom stereocenters. The summed E-state index contributed by atoms with van der Waals surface area (Å²) in [6.07, 6.45) is 1.97. The molecule has 0 aliphatic carbocycles. The summed E-state index contributed by atoms with van der Waals surface area (Å²) in [5.74, 6) is 0.540. The van der Waals surface area contributed by atoms with Crippen molar-refractivity contribution >= 4 is 21.8 Å². The summed E-state index contributed by atoms with van der Waals surface area (Å²) in [6, 6.07) is 3.82. The monoisotopic (exact) mass is 320 g/mol. The quantitative estimate of drug-likeness (QED) is 0.767. The molecule has 0 saturated heterocycles. The zero-order valence-corrected chi connectivity index (χ0v) is 13.6. The first-order chi connectivity index (χ1) is 9.40. The SMILES string of the molecule is CNCc1ccc(F)cc1S(=O)(=O)NCC(C)CSC. The van der Waals surface area contributed by atoms with E-state index in [9.17, 15) is 12.8 Å². The first-order valence-corrected chi connectivity index (χ1v) is 9.20. The lowest BCUT2D eigenvalue weighted by Gasteiger charge is -2.14. The Hall–Kier alpha value is -0.630. The Morgan fingerprint density at radius 3 is 2.70 bits per heavy atom. The molecule has 1 aromatic rings. The highest BCUT2D eigenvalue weighted by Gasteiger charge is 2.19. The summed E-state index contributed by atoms with van der Waals surface area (Å²) in [5, 5.41) is 2.88. The first kappa shape index (κ1) is 17.4. The average molecular weight is 320 g/mol. The number of benzene rings is 1. The molecule has 0 bridgehead atoms. The molecular weight excluding hydrogens is 299 g/mol. The van der Waals surface area contributed by atoms with Gasteiger partial charge in [0.1, 0.15) is 5.82 Å². The third-order valence-corrected chi connectivity index (χ3v) is 5.17. The average Bonchev–Trinajstić information content (AvgIpc) is 2.39. The summed E-state index contributed by atoms with van der Waals surface area (Å²) in [6.45, 7) is 2.69. The summed E-state index contributed by atoms with van der Waals surface area (Å²) in [7, 11) is -1.97. The summed E-state index contributed by atoms with van der Waals surface area (Å²) in [4.78, 5) is 0.00296. The normalized spacial score (nSPS) is 13.4. The molecule has 0 spiro atoms. The van der Waals surface area contributed by atoms with Crippen LogP contribution in [0.15, 0.2) is 23.1 Å². The van der Waals surface area contributed by atoms with Crippen LogP contribution >= 0.6 is 11.8 Å². The van der Waals surface area contributed by atoms with Gasteiger partial charge in [-0.05, 0) is 42.7 Å². The van der Waals surface area contributed by atoms with Crippen LogP contribution in [0.5, 0.6) is 0 Å². The summed E-state index contributed by atoms with van der Waals surface area (Å²) >= 11 is 1.67.